The molecule has 0 bridgehead atoms. The van der Waals surface area contributed by atoms with Crippen molar-refractivity contribution in [3.8, 4) is 5.75 Å². The standard InChI is InChI=1S/C17H28N4O2S.HI/c1-21(2)16(22)13-20-17(19-11-12-24-4)18-10-9-14-7-5-6-8-15(14)23-3;/h5-8H,9-13H2,1-4H3,(H2,18,19,20);1H. The number of para-hydroxylation sites is 1. The maximum atomic E-state index is 11.7. The first-order valence-electron chi connectivity index (χ1n) is 7.91. The van der Waals surface area contributed by atoms with Gasteiger partial charge in [-0.25, -0.2) is 4.99 Å². The maximum Gasteiger partial charge on any atom is 0.243 e. The molecule has 6 nitrogen and oxygen atoms in total. The van der Waals surface area contributed by atoms with Crippen LogP contribution in [0.3, 0.4) is 0 Å². The largest absolute Gasteiger partial charge is 0.496 e. The van der Waals surface area contributed by atoms with Crippen LogP contribution in [0.25, 0.3) is 0 Å². The van der Waals surface area contributed by atoms with Gasteiger partial charge in [0, 0.05) is 32.9 Å². The van der Waals surface area contributed by atoms with Gasteiger partial charge in [0.25, 0.3) is 0 Å². The highest BCUT2D eigenvalue weighted by molar-refractivity contribution is 14.0. The number of ether oxygens (including phenoxy) is 1. The molecule has 0 aliphatic rings. The number of rotatable bonds is 9. The molecular weight excluding hydrogens is 451 g/mol. The van der Waals surface area contributed by atoms with Crippen LogP contribution in [-0.4, -0.2) is 69.6 Å². The molecule has 0 unspecified atom stereocenters. The van der Waals surface area contributed by atoms with Gasteiger partial charge in [0.05, 0.1) is 7.11 Å². The van der Waals surface area contributed by atoms with Gasteiger partial charge in [-0.05, 0) is 24.3 Å². The number of guanidine groups is 1. The third-order valence-corrected chi connectivity index (χ3v) is 3.96. The zero-order valence-corrected chi connectivity index (χ0v) is 18.5. The average molecular weight is 480 g/mol. The van der Waals surface area contributed by atoms with Crippen molar-refractivity contribution in [1.29, 1.82) is 0 Å². The third kappa shape index (κ3) is 9.78. The van der Waals surface area contributed by atoms with E-state index in [4.69, 9.17) is 4.74 Å². The molecule has 0 aliphatic carbocycles. The van der Waals surface area contributed by atoms with Crippen LogP contribution in [0.2, 0.25) is 0 Å². The molecule has 2 N–H and O–H groups in total. The smallest absolute Gasteiger partial charge is 0.243 e. The van der Waals surface area contributed by atoms with Crippen LogP contribution in [0.1, 0.15) is 5.56 Å². The Kier molecular flexibility index (Phi) is 13.4. The van der Waals surface area contributed by atoms with Gasteiger partial charge in [-0.2, -0.15) is 11.8 Å². The monoisotopic (exact) mass is 480 g/mol. The summed E-state index contributed by atoms with van der Waals surface area (Å²) in [5.74, 6) is 2.50. The Balaban J connectivity index is 0.00000576. The number of carbonyl (C=O) groups is 1. The Morgan fingerprint density at radius 1 is 1.24 bits per heavy atom. The number of halogens is 1. The second-order valence-corrected chi connectivity index (χ2v) is 6.35. The Morgan fingerprint density at radius 2 is 1.92 bits per heavy atom. The zero-order chi connectivity index (χ0) is 17.8. The summed E-state index contributed by atoms with van der Waals surface area (Å²) in [5.41, 5.74) is 1.14. The van der Waals surface area contributed by atoms with Gasteiger partial charge in [-0.1, -0.05) is 18.2 Å². The highest BCUT2D eigenvalue weighted by Crippen LogP contribution is 2.17. The molecule has 0 aromatic heterocycles. The molecule has 0 saturated carbocycles. The van der Waals surface area contributed by atoms with Gasteiger partial charge in [-0.3, -0.25) is 4.79 Å². The van der Waals surface area contributed by atoms with E-state index in [1.807, 2.05) is 24.3 Å². The summed E-state index contributed by atoms with van der Waals surface area (Å²) in [5, 5.41) is 6.52. The molecule has 0 saturated heterocycles. The van der Waals surface area contributed by atoms with E-state index in [9.17, 15) is 4.79 Å². The van der Waals surface area contributed by atoms with E-state index in [-0.39, 0.29) is 36.4 Å². The first kappa shape index (κ1) is 23.8. The lowest BCUT2D eigenvalue weighted by atomic mass is 10.1. The number of amides is 1. The summed E-state index contributed by atoms with van der Waals surface area (Å²) >= 11 is 1.76. The molecule has 0 spiro atoms. The molecule has 142 valence electrons. The molecule has 0 aliphatic heterocycles. The highest BCUT2D eigenvalue weighted by atomic mass is 127. The van der Waals surface area contributed by atoms with E-state index in [2.05, 4.69) is 21.9 Å². The molecule has 0 fully saturated rings. The normalized spacial score (nSPS) is 10.6. The molecule has 1 amide bonds. The molecule has 1 aromatic carbocycles. The Hall–Kier alpha value is -1.16. The first-order valence-corrected chi connectivity index (χ1v) is 9.31. The first-order chi connectivity index (χ1) is 11.6. The molecule has 8 heteroatoms. The van der Waals surface area contributed by atoms with E-state index in [0.717, 1.165) is 30.0 Å². The van der Waals surface area contributed by atoms with Crippen LogP contribution < -0.4 is 15.4 Å². The third-order valence-electron chi connectivity index (χ3n) is 3.35. The van der Waals surface area contributed by atoms with E-state index in [1.54, 1.807) is 33.0 Å². The van der Waals surface area contributed by atoms with Gasteiger partial charge in [0.15, 0.2) is 5.96 Å². The maximum absolute atomic E-state index is 11.7. The fraction of sp³-hybridized carbons (Fsp3) is 0.529. The minimum atomic E-state index is -0.0225. The van der Waals surface area contributed by atoms with E-state index >= 15 is 0 Å². The summed E-state index contributed by atoms with van der Waals surface area (Å²) in [6.07, 6.45) is 2.87. The summed E-state index contributed by atoms with van der Waals surface area (Å²) in [4.78, 5) is 17.6. The lowest BCUT2D eigenvalue weighted by Gasteiger charge is -2.14. The summed E-state index contributed by atoms with van der Waals surface area (Å²) in [6, 6.07) is 7.96. The SMILES string of the molecule is COc1ccccc1CCNC(=NCC(=O)N(C)C)NCCSC.I. The topological polar surface area (TPSA) is 66.0 Å². The fourth-order valence-electron chi connectivity index (χ4n) is 1.96. The number of benzene rings is 1. The van der Waals surface area contributed by atoms with Crippen molar-refractivity contribution in [3.63, 3.8) is 0 Å². The molecule has 1 aromatic rings. The van der Waals surface area contributed by atoms with Crippen molar-refractivity contribution < 1.29 is 9.53 Å². The number of nitrogens with zero attached hydrogens (tertiary/aromatic N) is 2. The predicted octanol–water partition coefficient (Wildman–Crippen LogP) is 1.84. The molecule has 0 heterocycles. The lowest BCUT2D eigenvalue weighted by molar-refractivity contribution is -0.127. The Labute approximate surface area is 172 Å². The van der Waals surface area contributed by atoms with Crippen LogP contribution in [0.15, 0.2) is 29.3 Å². The molecule has 0 radical (unpaired) electrons. The number of thioether (sulfide) groups is 1. The number of methoxy groups -OCH3 is 1. The molecule has 1 rings (SSSR count). The van der Waals surface area contributed by atoms with Crippen molar-refractivity contribution in [3.05, 3.63) is 29.8 Å². The summed E-state index contributed by atoms with van der Waals surface area (Å²) < 4.78 is 5.36. The van der Waals surface area contributed by atoms with Crippen molar-refractivity contribution in [2.24, 2.45) is 4.99 Å². The van der Waals surface area contributed by atoms with Gasteiger partial charge < -0.3 is 20.3 Å². The zero-order valence-electron chi connectivity index (χ0n) is 15.4. The molecule has 25 heavy (non-hydrogen) atoms. The Bertz CT molecular complexity index is 541. The molecular formula is C17H29IN4O2S. The van der Waals surface area contributed by atoms with E-state index < -0.39 is 0 Å². The van der Waals surface area contributed by atoms with Crippen LogP contribution >= 0.6 is 35.7 Å². The molecule has 0 atom stereocenters. The number of carbonyl (C=O) groups excluding carboxylic acids is 1. The van der Waals surface area contributed by atoms with Crippen LogP contribution in [0.5, 0.6) is 5.75 Å². The summed E-state index contributed by atoms with van der Waals surface area (Å²) in [7, 11) is 5.14. The Morgan fingerprint density at radius 3 is 2.56 bits per heavy atom. The minimum Gasteiger partial charge on any atom is -0.496 e. The average Bonchev–Trinajstić information content (AvgIpc) is 2.59. The van der Waals surface area contributed by atoms with Crippen LogP contribution in [0.4, 0.5) is 0 Å². The predicted molar refractivity (Wildman–Crippen MR) is 117 cm³/mol. The number of hydrogen-bond donors (Lipinski definition) is 2. The van der Waals surface area contributed by atoms with Gasteiger partial charge >= 0.3 is 0 Å². The number of nitrogens with one attached hydrogen (secondary N) is 2. The second-order valence-electron chi connectivity index (χ2n) is 5.36. The van der Waals surface area contributed by atoms with E-state index in [0.29, 0.717) is 12.5 Å². The number of likely N-dealkylation sites (N-methyl/N-ethyl adjacent to an activating group) is 1. The number of hydrogen-bond acceptors (Lipinski definition) is 4. The van der Waals surface area contributed by atoms with Crippen molar-refractivity contribution in [2.75, 3.05) is 52.8 Å². The summed E-state index contributed by atoms with van der Waals surface area (Å²) in [6.45, 7) is 1.65. The van der Waals surface area contributed by atoms with E-state index in [1.165, 1.54) is 4.90 Å². The van der Waals surface area contributed by atoms with Crippen molar-refractivity contribution in [1.82, 2.24) is 15.5 Å². The minimum absolute atomic E-state index is 0. The van der Waals surface area contributed by atoms with Gasteiger partial charge in [-0.15, -0.1) is 24.0 Å². The number of aliphatic imine (C=N–C) groups is 1. The van der Waals surface area contributed by atoms with Crippen LogP contribution in [-0.2, 0) is 11.2 Å². The highest BCUT2D eigenvalue weighted by Gasteiger charge is 2.05. The lowest BCUT2D eigenvalue weighted by Crippen LogP contribution is -2.40. The second kappa shape index (κ2) is 14.1. The fourth-order valence-corrected chi connectivity index (χ4v) is 2.27. The van der Waals surface area contributed by atoms with Gasteiger partial charge in [0.1, 0.15) is 12.3 Å². The van der Waals surface area contributed by atoms with Crippen molar-refractivity contribution >= 4 is 47.6 Å². The van der Waals surface area contributed by atoms with Crippen LogP contribution in [0, 0.1) is 0 Å². The van der Waals surface area contributed by atoms with Crippen molar-refractivity contribution in [2.45, 2.75) is 6.42 Å². The quantitative estimate of drug-likeness (QED) is 0.245. The van der Waals surface area contributed by atoms with Gasteiger partial charge in [0.2, 0.25) is 5.91 Å².